The third-order valence-electron chi connectivity index (χ3n) is 5.78. The largest absolute Gasteiger partial charge is 0.480 e. The van der Waals surface area contributed by atoms with E-state index < -0.39 is 12.0 Å². The summed E-state index contributed by atoms with van der Waals surface area (Å²) >= 11 is 1.64. The summed E-state index contributed by atoms with van der Waals surface area (Å²) in [6.45, 7) is 1.35. The van der Waals surface area contributed by atoms with Crippen molar-refractivity contribution < 1.29 is 14.7 Å². The van der Waals surface area contributed by atoms with E-state index in [4.69, 9.17) is 0 Å². The maximum atomic E-state index is 13.0. The average molecular weight is 349 g/mol. The van der Waals surface area contributed by atoms with Crippen LogP contribution >= 0.6 is 11.8 Å². The average Bonchev–Trinajstić information content (AvgIpc) is 3.30. The molecule has 1 aromatic heterocycles. The Balaban J connectivity index is 1.55. The summed E-state index contributed by atoms with van der Waals surface area (Å²) in [6.07, 6.45) is 8.32. The summed E-state index contributed by atoms with van der Waals surface area (Å²) in [7, 11) is 0. The van der Waals surface area contributed by atoms with Crippen LogP contribution in [0.15, 0.2) is 11.4 Å². The number of carbonyl (C=O) groups excluding carboxylic acids is 1. The topological polar surface area (TPSA) is 75.4 Å². The maximum absolute atomic E-state index is 13.0. The zero-order chi connectivity index (χ0) is 16.7. The monoisotopic (exact) mass is 349 g/mol. The summed E-state index contributed by atoms with van der Waals surface area (Å²) in [6, 6.07) is -0.690. The van der Waals surface area contributed by atoms with E-state index in [-0.39, 0.29) is 5.91 Å². The van der Waals surface area contributed by atoms with E-state index in [2.05, 4.69) is 4.98 Å². The molecule has 1 saturated carbocycles. The molecule has 2 aliphatic heterocycles. The van der Waals surface area contributed by atoms with E-state index in [1.807, 2.05) is 4.57 Å². The maximum Gasteiger partial charge on any atom is 0.326 e. The second kappa shape index (κ2) is 6.43. The Morgan fingerprint density at radius 3 is 2.75 bits per heavy atom. The van der Waals surface area contributed by atoms with Crippen molar-refractivity contribution in [3.8, 4) is 0 Å². The van der Waals surface area contributed by atoms with Gasteiger partial charge in [0.1, 0.15) is 11.7 Å². The molecule has 24 heavy (non-hydrogen) atoms. The first-order valence-corrected chi connectivity index (χ1v) is 9.86. The number of hydrogen-bond acceptors (Lipinski definition) is 4. The third kappa shape index (κ3) is 2.72. The van der Waals surface area contributed by atoms with Gasteiger partial charge in [-0.15, -0.1) is 0 Å². The van der Waals surface area contributed by atoms with Crippen molar-refractivity contribution in [1.82, 2.24) is 14.5 Å². The molecule has 0 aromatic carbocycles. The number of likely N-dealkylation sites (tertiary alicyclic amines) is 1. The SMILES string of the molecule is O=C(O)[C@@H]1C[C@@H](C2CCCCC2)CN1C(=O)c1cnc2n1CCS2. The van der Waals surface area contributed by atoms with Gasteiger partial charge >= 0.3 is 5.97 Å². The molecule has 7 heteroatoms. The van der Waals surface area contributed by atoms with Crippen LogP contribution in [0.25, 0.3) is 0 Å². The Labute approximate surface area is 145 Å². The van der Waals surface area contributed by atoms with Crippen LogP contribution in [-0.2, 0) is 11.3 Å². The minimum absolute atomic E-state index is 0.165. The molecule has 130 valence electrons. The minimum atomic E-state index is -0.878. The van der Waals surface area contributed by atoms with Crippen molar-refractivity contribution in [3.05, 3.63) is 11.9 Å². The molecule has 1 N–H and O–H groups in total. The van der Waals surface area contributed by atoms with Crippen LogP contribution in [0.2, 0.25) is 0 Å². The number of carboxylic acids is 1. The Hall–Kier alpha value is -1.50. The number of carboxylic acid groups (broad SMARTS) is 1. The van der Waals surface area contributed by atoms with Gasteiger partial charge in [-0.3, -0.25) is 4.79 Å². The Morgan fingerprint density at radius 2 is 2.00 bits per heavy atom. The Bertz CT molecular complexity index is 654. The van der Waals surface area contributed by atoms with Gasteiger partial charge in [0.15, 0.2) is 5.16 Å². The first-order valence-electron chi connectivity index (χ1n) is 8.87. The number of fused-ring (bicyclic) bond motifs is 1. The lowest BCUT2D eigenvalue weighted by atomic mass is 9.79. The van der Waals surface area contributed by atoms with E-state index in [1.165, 1.54) is 32.1 Å². The normalized spacial score (nSPS) is 27.4. The minimum Gasteiger partial charge on any atom is -0.480 e. The lowest BCUT2D eigenvalue weighted by Crippen LogP contribution is -2.41. The van der Waals surface area contributed by atoms with Crippen molar-refractivity contribution in [1.29, 1.82) is 0 Å². The van der Waals surface area contributed by atoms with Gasteiger partial charge in [-0.1, -0.05) is 43.9 Å². The molecule has 2 atom stereocenters. The van der Waals surface area contributed by atoms with Gasteiger partial charge in [-0.25, -0.2) is 9.78 Å². The number of hydrogen-bond donors (Lipinski definition) is 1. The van der Waals surface area contributed by atoms with Gasteiger partial charge in [0.2, 0.25) is 0 Å². The smallest absolute Gasteiger partial charge is 0.326 e. The fourth-order valence-corrected chi connectivity index (χ4v) is 5.44. The van der Waals surface area contributed by atoms with Crippen LogP contribution in [-0.4, -0.2) is 49.8 Å². The van der Waals surface area contributed by atoms with Crippen LogP contribution in [0.4, 0.5) is 0 Å². The number of imidazole rings is 1. The van der Waals surface area contributed by atoms with Crippen molar-refractivity contribution in [3.63, 3.8) is 0 Å². The summed E-state index contributed by atoms with van der Waals surface area (Å²) in [4.78, 5) is 30.6. The molecule has 1 amide bonds. The summed E-state index contributed by atoms with van der Waals surface area (Å²) < 4.78 is 1.93. The zero-order valence-electron chi connectivity index (χ0n) is 13.7. The van der Waals surface area contributed by atoms with E-state index in [1.54, 1.807) is 22.9 Å². The van der Waals surface area contributed by atoms with Gasteiger partial charge in [0, 0.05) is 18.8 Å². The highest BCUT2D eigenvalue weighted by Crippen LogP contribution is 2.38. The molecular formula is C17H23N3O3S. The summed E-state index contributed by atoms with van der Waals surface area (Å²) in [5.41, 5.74) is 0.547. The molecule has 1 aliphatic carbocycles. The van der Waals surface area contributed by atoms with Crippen LogP contribution in [0, 0.1) is 11.8 Å². The first-order chi connectivity index (χ1) is 11.6. The van der Waals surface area contributed by atoms with E-state index in [0.29, 0.717) is 30.5 Å². The molecule has 6 nitrogen and oxygen atoms in total. The first kappa shape index (κ1) is 16.0. The van der Waals surface area contributed by atoms with Crippen LogP contribution in [0.1, 0.15) is 49.0 Å². The number of carbonyl (C=O) groups is 2. The number of thioether (sulfide) groups is 1. The highest BCUT2D eigenvalue weighted by molar-refractivity contribution is 7.99. The molecule has 1 saturated heterocycles. The van der Waals surface area contributed by atoms with E-state index >= 15 is 0 Å². The second-order valence-corrected chi connectivity index (χ2v) is 8.19. The molecule has 0 unspecified atom stereocenters. The van der Waals surface area contributed by atoms with Crippen molar-refractivity contribution in [2.24, 2.45) is 11.8 Å². The van der Waals surface area contributed by atoms with Gasteiger partial charge in [-0.2, -0.15) is 0 Å². The number of amides is 1. The van der Waals surface area contributed by atoms with E-state index in [9.17, 15) is 14.7 Å². The fraction of sp³-hybridized carbons (Fsp3) is 0.706. The third-order valence-corrected chi connectivity index (χ3v) is 6.75. The molecular weight excluding hydrogens is 326 g/mol. The summed E-state index contributed by atoms with van der Waals surface area (Å²) in [5, 5.41) is 10.5. The van der Waals surface area contributed by atoms with Crippen LogP contribution in [0.5, 0.6) is 0 Å². The standard InChI is InChI=1S/C17H23N3O3S/c21-15(14-9-18-17-19(14)6-7-24-17)20-10-12(8-13(20)16(22)23)11-4-2-1-3-5-11/h9,11-13H,1-8,10H2,(H,22,23)/t12-,13+/m1/s1. The van der Waals surface area contributed by atoms with Crippen LogP contribution < -0.4 is 0 Å². The van der Waals surface area contributed by atoms with E-state index in [0.717, 1.165) is 17.5 Å². The quantitative estimate of drug-likeness (QED) is 0.907. The van der Waals surface area contributed by atoms with Crippen molar-refractivity contribution in [2.75, 3.05) is 12.3 Å². The molecule has 1 aromatic rings. The highest BCUT2D eigenvalue weighted by atomic mass is 32.2. The molecule has 3 heterocycles. The van der Waals surface area contributed by atoms with Crippen molar-refractivity contribution >= 4 is 23.6 Å². The molecule has 2 fully saturated rings. The number of nitrogens with zero attached hydrogens (tertiary/aromatic N) is 3. The zero-order valence-corrected chi connectivity index (χ0v) is 14.5. The Kier molecular flexibility index (Phi) is 4.28. The van der Waals surface area contributed by atoms with Gasteiger partial charge in [0.25, 0.3) is 5.91 Å². The molecule has 3 aliphatic rings. The lowest BCUT2D eigenvalue weighted by molar-refractivity contribution is -0.141. The van der Waals surface area contributed by atoms with Crippen LogP contribution in [0.3, 0.4) is 0 Å². The number of aliphatic carboxylic acids is 1. The predicted molar refractivity (Wildman–Crippen MR) is 90.1 cm³/mol. The Morgan fingerprint density at radius 1 is 1.21 bits per heavy atom. The highest BCUT2D eigenvalue weighted by Gasteiger charge is 2.43. The molecule has 0 bridgehead atoms. The molecule has 0 spiro atoms. The second-order valence-electron chi connectivity index (χ2n) is 7.13. The van der Waals surface area contributed by atoms with Gasteiger partial charge in [-0.05, 0) is 18.3 Å². The fourth-order valence-electron chi connectivity index (χ4n) is 4.51. The van der Waals surface area contributed by atoms with Crippen molar-refractivity contribution in [2.45, 2.75) is 56.3 Å². The van der Waals surface area contributed by atoms with Gasteiger partial charge in [0.05, 0.1) is 6.20 Å². The number of aromatic nitrogens is 2. The number of rotatable bonds is 3. The van der Waals surface area contributed by atoms with Gasteiger partial charge < -0.3 is 14.6 Å². The molecule has 0 radical (unpaired) electrons. The summed E-state index contributed by atoms with van der Waals surface area (Å²) in [5.74, 6) is 0.784. The lowest BCUT2D eigenvalue weighted by Gasteiger charge is -2.27. The predicted octanol–water partition coefficient (Wildman–Crippen LogP) is 2.48. The molecule has 4 rings (SSSR count).